The molecule has 3 N–H and O–H groups in total. The largest absolute Gasteiger partial charge is 0.369 e. The third-order valence-corrected chi connectivity index (χ3v) is 4.25. The van der Waals surface area contributed by atoms with Gasteiger partial charge in [0.05, 0.1) is 5.69 Å². The standard InChI is InChI=1S/C18H20ClN5O.ClH/c19-14-6-8-16(9-7-14)23-10-12-24(13-11-23)18(25)22-17(20)21-15-4-2-1-3-5-15;/h1-9H,10-13H2,(H3,20,21,22,25);1H. The molecule has 1 fully saturated rings. The number of nitrogens with one attached hydrogen (secondary N) is 1. The fourth-order valence-electron chi connectivity index (χ4n) is 2.68. The van der Waals surface area contributed by atoms with Crippen molar-refractivity contribution in [3.05, 3.63) is 59.6 Å². The second-order valence-electron chi connectivity index (χ2n) is 5.71. The average Bonchev–Trinajstić information content (AvgIpc) is 2.63. The molecule has 8 heteroatoms. The Morgan fingerprint density at radius 3 is 2.23 bits per heavy atom. The van der Waals surface area contributed by atoms with Gasteiger partial charge in [-0.2, -0.15) is 0 Å². The molecule has 2 aromatic carbocycles. The molecule has 0 bridgehead atoms. The SMILES string of the molecule is Cl.NC(=Nc1ccccc1)NC(=O)N1CCN(c2ccc(Cl)cc2)CC1. The van der Waals surface area contributed by atoms with Crippen molar-refractivity contribution in [1.82, 2.24) is 10.2 Å². The van der Waals surface area contributed by atoms with Crippen molar-refractivity contribution in [2.75, 3.05) is 31.1 Å². The summed E-state index contributed by atoms with van der Waals surface area (Å²) in [7, 11) is 0. The van der Waals surface area contributed by atoms with Gasteiger partial charge in [0.25, 0.3) is 0 Å². The van der Waals surface area contributed by atoms with Crippen LogP contribution in [0, 0.1) is 0 Å². The second kappa shape index (κ2) is 9.31. The van der Waals surface area contributed by atoms with Crippen molar-refractivity contribution in [2.24, 2.45) is 10.7 Å². The highest BCUT2D eigenvalue weighted by atomic mass is 35.5. The van der Waals surface area contributed by atoms with Crippen molar-refractivity contribution in [1.29, 1.82) is 0 Å². The number of halogens is 2. The van der Waals surface area contributed by atoms with Crippen molar-refractivity contribution in [3.63, 3.8) is 0 Å². The molecule has 2 aromatic rings. The number of urea groups is 1. The number of nitrogens with zero attached hydrogens (tertiary/aromatic N) is 3. The summed E-state index contributed by atoms with van der Waals surface area (Å²) in [6, 6.07) is 16.8. The summed E-state index contributed by atoms with van der Waals surface area (Å²) < 4.78 is 0. The number of piperazine rings is 1. The van der Waals surface area contributed by atoms with Crippen molar-refractivity contribution in [3.8, 4) is 0 Å². The van der Waals surface area contributed by atoms with E-state index in [1.54, 1.807) is 4.90 Å². The van der Waals surface area contributed by atoms with E-state index in [0.717, 1.165) is 23.8 Å². The summed E-state index contributed by atoms with van der Waals surface area (Å²) >= 11 is 5.92. The van der Waals surface area contributed by atoms with Crippen LogP contribution >= 0.6 is 24.0 Å². The van der Waals surface area contributed by atoms with Crippen LogP contribution in [0.1, 0.15) is 0 Å². The number of rotatable bonds is 2. The summed E-state index contributed by atoms with van der Waals surface area (Å²) in [6.45, 7) is 2.75. The van der Waals surface area contributed by atoms with E-state index in [2.05, 4.69) is 15.2 Å². The van der Waals surface area contributed by atoms with E-state index in [4.69, 9.17) is 17.3 Å². The summed E-state index contributed by atoms with van der Waals surface area (Å²) in [5.74, 6) is 0.0938. The molecule has 0 unspecified atom stereocenters. The zero-order valence-electron chi connectivity index (χ0n) is 14.1. The highest BCUT2D eigenvalue weighted by Gasteiger charge is 2.21. The first-order valence-electron chi connectivity index (χ1n) is 8.07. The average molecular weight is 394 g/mol. The Morgan fingerprint density at radius 2 is 1.62 bits per heavy atom. The molecule has 1 aliphatic heterocycles. The van der Waals surface area contributed by atoms with Crippen LogP contribution in [-0.4, -0.2) is 43.1 Å². The van der Waals surface area contributed by atoms with Gasteiger partial charge in [-0.1, -0.05) is 29.8 Å². The fourth-order valence-corrected chi connectivity index (χ4v) is 2.80. The third kappa shape index (κ3) is 5.28. The highest BCUT2D eigenvalue weighted by Crippen LogP contribution is 2.19. The van der Waals surface area contributed by atoms with Gasteiger partial charge in [-0.05, 0) is 36.4 Å². The van der Waals surface area contributed by atoms with E-state index >= 15 is 0 Å². The first kappa shape index (κ1) is 19.9. The summed E-state index contributed by atoms with van der Waals surface area (Å²) in [4.78, 5) is 20.4. The van der Waals surface area contributed by atoms with E-state index in [9.17, 15) is 4.79 Å². The minimum atomic E-state index is -0.229. The van der Waals surface area contributed by atoms with Crippen LogP contribution in [0.3, 0.4) is 0 Å². The maximum Gasteiger partial charge on any atom is 0.324 e. The van der Waals surface area contributed by atoms with Crippen LogP contribution in [-0.2, 0) is 0 Å². The lowest BCUT2D eigenvalue weighted by molar-refractivity contribution is 0.199. The zero-order valence-corrected chi connectivity index (χ0v) is 15.7. The normalized spacial score (nSPS) is 14.6. The Morgan fingerprint density at radius 1 is 1.00 bits per heavy atom. The first-order valence-corrected chi connectivity index (χ1v) is 8.45. The number of benzene rings is 2. The number of hydrogen-bond acceptors (Lipinski definition) is 3. The minimum Gasteiger partial charge on any atom is -0.369 e. The molecule has 138 valence electrons. The summed E-state index contributed by atoms with van der Waals surface area (Å²) in [6.07, 6.45) is 0. The molecular formula is C18H21Cl2N5O. The molecule has 3 rings (SSSR count). The van der Waals surface area contributed by atoms with Gasteiger partial charge in [0, 0.05) is 36.9 Å². The zero-order chi connectivity index (χ0) is 17.6. The smallest absolute Gasteiger partial charge is 0.324 e. The topological polar surface area (TPSA) is 74.0 Å². The summed E-state index contributed by atoms with van der Waals surface area (Å²) in [5, 5.41) is 3.36. The van der Waals surface area contributed by atoms with Crippen molar-refractivity contribution in [2.45, 2.75) is 0 Å². The maximum absolute atomic E-state index is 12.3. The predicted molar refractivity (Wildman–Crippen MR) is 109 cm³/mol. The van der Waals surface area contributed by atoms with Gasteiger partial charge < -0.3 is 15.5 Å². The van der Waals surface area contributed by atoms with Gasteiger partial charge in [0.2, 0.25) is 5.96 Å². The molecule has 0 saturated carbocycles. The summed E-state index contributed by atoms with van der Waals surface area (Å²) in [5.41, 5.74) is 7.62. The van der Waals surface area contributed by atoms with Crippen LogP contribution in [0.15, 0.2) is 59.6 Å². The predicted octanol–water partition coefficient (Wildman–Crippen LogP) is 3.24. The number of carbonyl (C=O) groups is 1. The molecule has 1 aliphatic rings. The van der Waals surface area contributed by atoms with Crippen LogP contribution in [0.2, 0.25) is 5.02 Å². The van der Waals surface area contributed by atoms with Gasteiger partial charge in [-0.15, -0.1) is 12.4 Å². The lowest BCUT2D eigenvalue weighted by atomic mass is 10.2. The number of para-hydroxylation sites is 1. The molecule has 1 heterocycles. The molecule has 0 aliphatic carbocycles. The number of amides is 2. The second-order valence-corrected chi connectivity index (χ2v) is 6.15. The van der Waals surface area contributed by atoms with E-state index in [-0.39, 0.29) is 24.4 Å². The Kier molecular flexibility index (Phi) is 7.12. The molecular weight excluding hydrogens is 373 g/mol. The van der Waals surface area contributed by atoms with Gasteiger partial charge >= 0.3 is 6.03 Å². The lowest BCUT2D eigenvalue weighted by Gasteiger charge is -2.36. The Labute approximate surface area is 164 Å². The molecule has 0 aromatic heterocycles. The van der Waals surface area contributed by atoms with Crippen LogP contribution in [0.5, 0.6) is 0 Å². The molecule has 2 amide bonds. The number of hydrogen-bond donors (Lipinski definition) is 2. The maximum atomic E-state index is 12.3. The van der Waals surface area contributed by atoms with Gasteiger partial charge in [-0.3, -0.25) is 5.32 Å². The number of nitrogens with two attached hydrogens (primary N) is 1. The third-order valence-electron chi connectivity index (χ3n) is 4.00. The number of carbonyl (C=O) groups excluding carboxylic acids is 1. The number of aliphatic imine (C=N–C) groups is 1. The molecule has 1 saturated heterocycles. The molecule has 0 spiro atoms. The molecule has 26 heavy (non-hydrogen) atoms. The van der Waals surface area contributed by atoms with Crippen LogP contribution < -0.4 is 16.0 Å². The van der Waals surface area contributed by atoms with Gasteiger partial charge in [0.15, 0.2) is 0 Å². The van der Waals surface area contributed by atoms with Gasteiger partial charge in [0.1, 0.15) is 0 Å². The van der Waals surface area contributed by atoms with E-state index in [0.29, 0.717) is 18.8 Å². The van der Waals surface area contributed by atoms with E-state index in [1.165, 1.54) is 0 Å². The monoisotopic (exact) mass is 393 g/mol. The molecule has 0 atom stereocenters. The first-order chi connectivity index (χ1) is 12.1. The Bertz CT molecular complexity index is 744. The highest BCUT2D eigenvalue weighted by molar-refractivity contribution is 6.30. The quantitative estimate of drug-likeness (QED) is 0.607. The van der Waals surface area contributed by atoms with Crippen molar-refractivity contribution >= 4 is 47.4 Å². The van der Waals surface area contributed by atoms with Crippen molar-refractivity contribution < 1.29 is 4.79 Å². The van der Waals surface area contributed by atoms with Gasteiger partial charge in [-0.25, -0.2) is 9.79 Å². The molecule has 6 nitrogen and oxygen atoms in total. The van der Waals surface area contributed by atoms with E-state index < -0.39 is 0 Å². The molecule has 0 radical (unpaired) electrons. The Balaban J connectivity index is 0.00000243. The fraction of sp³-hybridized carbons (Fsp3) is 0.222. The Hall–Kier alpha value is -2.44. The number of anilines is 1. The number of guanidine groups is 1. The van der Waals surface area contributed by atoms with Crippen LogP contribution in [0.4, 0.5) is 16.2 Å². The lowest BCUT2D eigenvalue weighted by Crippen LogP contribution is -2.53. The van der Waals surface area contributed by atoms with E-state index in [1.807, 2.05) is 54.6 Å². The van der Waals surface area contributed by atoms with Crippen LogP contribution in [0.25, 0.3) is 0 Å². The minimum absolute atomic E-state index is 0.